The molecule has 0 amide bonds. The molecule has 0 atom stereocenters. The zero-order valence-corrected chi connectivity index (χ0v) is 18.0. The molecule has 0 aromatic heterocycles. The summed E-state index contributed by atoms with van der Waals surface area (Å²) < 4.78 is 5.65. The molecule has 3 rings (SSSR count). The first-order valence-corrected chi connectivity index (χ1v) is 10.9. The van der Waals surface area contributed by atoms with E-state index in [1.54, 1.807) is 13.8 Å². The summed E-state index contributed by atoms with van der Waals surface area (Å²) in [5, 5.41) is 12.2. The van der Waals surface area contributed by atoms with Crippen molar-refractivity contribution in [3.05, 3.63) is 41.6 Å². The van der Waals surface area contributed by atoms with Crippen molar-refractivity contribution < 1.29 is 9.84 Å². The Hall–Kier alpha value is -1.19. The number of ether oxygens (including phenoxy) is 1. The molecule has 0 spiro atoms. The fourth-order valence-electron chi connectivity index (χ4n) is 2.81. The van der Waals surface area contributed by atoms with Gasteiger partial charge >= 0.3 is 0 Å². The largest absolute Gasteiger partial charge is 0.490 e. The highest BCUT2D eigenvalue weighted by Crippen LogP contribution is 2.26. The molecule has 1 aromatic rings. The van der Waals surface area contributed by atoms with Crippen LogP contribution >= 0.6 is 11.6 Å². The molecule has 2 saturated carbocycles. The van der Waals surface area contributed by atoms with Gasteiger partial charge in [-0.3, -0.25) is 0 Å². The van der Waals surface area contributed by atoms with E-state index >= 15 is 0 Å². The van der Waals surface area contributed by atoms with Crippen molar-refractivity contribution in [2.75, 3.05) is 0 Å². The summed E-state index contributed by atoms with van der Waals surface area (Å²) in [7, 11) is 0. The van der Waals surface area contributed by atoms with Gasteiger partial charge in [0.05, 0.1) is 6.10 Å². The fourth-order valence-corrected chi connectivity index (χ4v) is 2.99. The van der Waals surface area contributed by atoms with Crippen molar-refractivity contribution >= 4 is 11.6 Å². The number of rotatable bonds is 5. The lowest BCUT2D eigenvalue weighted by Gasteiger charge is -2.26. The monoisotopic (exact) mass is 395 g/mol. The van der Waals surface area contributed by atoms with Gasteiger partial charge in [0.15, 0.2) is 0 Å². The van der Waals surface area contributed by atoms with Gasteiger partial charge in [0.2, 0.25) is 0 Å². The van der Waals surface area contributed by atoms with Gasteiger partial charge in [-0.2, -0.15) is 0 Å². The van der Waals surface area contributed by atoms with Gasteiger partial charge in [-0.05, 0) is 76.8 Å². The predicted molar refractivity (Wildman–Crippen MR) is 117 cm³/mol. The van der Waals surface area contributed by atoms with E-state index in [1.807, 2.05) is 24.3 Å². The second-order valence-corrected chi connectivity index (χ2v) is 7.97. The molecule has 2 aliphatic carbocycles. The number of aliphatic hydroxyl groups is 1. The summed E-state index contributed by atoms with van der Waals surface area (Å²) in [6.45, 7) is 5.61. The average Bonchev–Trinajstić information content (AvgIpc) is 2.60. The van der Waals surface area contributed by atoms with Crippen molar-refractivity contribution in [3.63, 3.8) is 0 Å². The second-order valence-electron chi connectivity index (χ2n) is 7.53. The van der Waals surface area contributed by atoms with Crippen LogP contribution in [0.4, 0.5) is 0 Å². The van der Waals surface area contributed by atoms with Crippen LogP contribution in [-0.4, -0.2) is 23.4 Å². The standard InChI is InChI=1S/C10H11ClO.C10H19N.C3H8O/c11-8-3-1-6-10(7-8)12-9-4-2-5-9;1-2-3-9-11-10-7-5-4-6-8-10;1-3(2)4/h1,3,6-7,9H,2,4-5H2;3,9-11H,2,4-8H2,1H3;3-4H,1-2H3/b;9-3+;. The van der Waals surface area contributed by atoms with Gasteiger partial charge in [-0.15, -0.1) is 0 Å². The molecule has 0 saturated heterocycles. The van der Waals surface area contributed by atoms with Crippen LogP contribution in [0.2, 0.25) is 5.02 Å². The fraction of sp³-hybridized carbons (Fsp3) is 0.652. The number of benzene rings is 1. The van der Waals surface area contributed by atoms with E-state index < -0.39 is 0 Å². The summed E-state index contributed by atoms with van der Waals surface area (Å²) in [6, 6.07) is 8.35. The predicted octanol–water partition coefficient (Wildman–Crippen LogP) is 6.49. The van der Waals surface area contributed by atoms with E-state index in [-0.39, 0.29) is 6.10 Å². The minimum absolute atomic E-state index is 0.167. The van der Waals surface area contributed by atoms with E-state index in [2.05, 4.69) is 24.5 Å². The van der Waals surface area contributed by atoms with Gasteiger partial charge in [0.25, 0.3) is 0 Å². The Kier molecular flexibility index (Phi) is 13.1. The van der Waals surface area contributed by atoms with Crippen LogP contribution in [0, 0.1) is 0 Å². The van der Waals surface area contributed by atoms with Crippen LogP contribution in [0.25, 0.3) is 0 Å². The lowest BCUT2D eigenvalue weighted by molar-refractivity contribution is 0.120. The first-order chi connectivity index (χ1) is 13.0. The molecule has 3 nitrogen and oxygen atoms in total. The zero-order valence-electron chi connectivity index (χ0n) is 17.3. The van der Waals surface area contributed by atoms with Crippen LogP contribution in [0.1, 0.15) is 78.6 Å². The summed E-state index contributed by atoms with van der Waals surface area (Å²) in [4.78, 5) is 0. The Morgan fingerprint density at radius 3 is 2.33 bits per heavy atom. The number of nitrogens with one attached hydrogen (secondary N) is 1. The number of allylic oxidation sites excluding steroid dienone is 1. The number of hydrogen-bond acceptors (Lipinski definition) is 3. The SMILES string of the molecule is CC(C)O.CC/C=C/NC1CCCCC1.Clc1cccc(OC2CCC2)c1. The Bertz CT molecular complexity index is 506. The maximum atomic E-state index is 8.06. The molecule has 27 heavy (non-hydrogen) atoms. The summed E-state index contributed by atoms with van der Waals surface area (Å²) >= 11 is 5.81. The lowest BCUT2D eigenvalue weighted by Crippen LogP contribution is -2.26. The minimum atomic E-state index is -0.167. The molecule has 2 fully saturated rings. The highest BCUT2D eigenvalue weighted by molar-refractivity contribution is 6.30. The maximum absolute atomic E-state index is 8.06. The van der Waals surface area contributed by atoms with E-state index in [9.17, 15) is 0 Å². The summed E-state index contributed by atoms with van der Waals surface area (Å²) in [6.07, 6.45) is 16.4. The average molecular weight is 396 g/mol. The normalized spacial score (nSPS) is 17.4. The van der Waals surface area contributed by atoms with E-state index in [4.69, 9.17) is 21.4 Å². The van der Waals surface area contributed by atoms with Crippen molar-refractivity contribution in [2.24, 2.45) is 0 Å². The van der Waals surface area contributed by atoms with Gasteiger partial charge in [-0.1, -0.05) is 49.9 Å². The maximum Gasteiger partial charge on any atom is 0.121 e. The molecule has 0 unspecified atom stereocenters. The molecule has 0 aliphatic heterocycles. The molecule has 0 radical (unpaired) electrons. The second kappa shape index (κ2) is 14.8. The number of hydrogen-bond donors (Lipinski definition) is 2. The molecule has 154 valence electrons. The smallest absolute Gasteiger partial charge is 0.121 e. The molecule has 4 heteroatoms. The molecule has 2 aliphatic rings. The van der Waals surface area contributed by atoms with E-state index in [0.29, 0.717) is 6.10 Å². The topological polar surface area (TPSA) is 41.5 Å². The van der Waals surface area contributed by atoms with Gasteiger partial charge in [0.1, 0.15) is 5.75 Å². The van der Waals surface area contributed by atoms with Crippen molar-refractivity contribution in [1.29, 1.82) is 0 Å². The third-order valence-corrected chi connectivity index (χ3v) is 4.68. The highest BCUT2D eigenvalue weighted by atomic mass is 35.5. The Balaban J connectivity index is 0.000000227. The molecule has 0 heterocycles. The molecule has 2 N–H and O–H groups in total. The van der Waals surface area contributed by atoms with Crippen molar-refractivity contribution in [3.8, 4) is 5.75 Å². The van der Waals surface area contributed by atoms with Crippen molar-refractivity contribution in [2.45, 2.75) is 96.8 Å². The van der Waals surface area contributed by atoms with Crippen LogP contribution in [0.15, 0.2) is 36.5 Å². The zero-order chi connectivity index (χ0) is 19.9. The van der Waals surface area contributed by atoms with Crippen LogP contribution in [0.5, 0.6) is 5.75 Å². The van der Waals surface area contributed by atoms with Gasteiger partial charge < -0.3 is 15.2 Å². The van der Waals surface area contributed by atoms with Crippen LogP contribution in [0.3, 0.4) is 0 Å². The first kappa shape index (κ1) is 23.8. The Morgan fingerprint density at radius 1 is 1.15 bits per heavy atom. The third kappa shape index (κ3) is 12.8. The van der Waals surface area contributed by atoms with Crippen LogP contribution < -0.4 is 10.1 Å². The van der Waals surface area contributed by atoms with Gasteiger partial charge in [0, 0.05) is 17.2 Å². The number of halogens is 1. The first-order valence-electron chi connectivity index (χ1n) is 10.5. The van der Waals surface area contributed by atoms with Crippen LogP contribution in [-0.2, 0) is 0 Å². The van der Waals surface area contributed by atoms with E-state index in [1.165, 1.54) is 51.4 Å². The highest BCUT2D eigenvalue weighted by Gasteiger charge is 2.18. The molecule has 0 bridgehead atoms. The quantitative estimate of drug-likeness (QED) is 0.598. The summed E-state index contributed by atoms with van der Waals surface area (Å²) in [5.41, 5.74) is 0. The minimum Gasteiger partial charge on any atom is -0.490 e. The van der Waals surface area contributed by atoms with Crippen molar-refractivity contribution in [1.82, 2.24) is 5.32 Å². The third-order valence-electron chi connectivity index (χ3n) is 4.44. The molecule has 1 aromatic carbocycles. The van der Waals surface area contributed by atoms with Gasteiger partial charge in [-0.25, -0.2) is 0 Å². The summed E-state index contributed by atoms with van der Waals surface area (Å²) in [5.74, 6) is 0.896. The molecular formula is C23H38ClNO2. The Labute approximate surface area is 171 Å². The lowest BCUT2D eigenvalue weighted by atomic mass is 9.96. The van der Waals surface area contributed by atoms with E-state index in [0.717, 1.165) is 23.2 Å². The number of aliphatic hydroxyl groups excluding tert-OH is 1. The Morgan fingerprint density at radius 2 is 1.81 bits per heavy atom. The molecular weight excluding hydrogens is 358 g/mol.